The number of ketones is 1. The van der Waals surface area contributed by atoms with Crippen molar-refractivity contribution in [3.63, 3.8) is 0 Å². The quantitative estimate of drug-likeness (QED) is 0.385. The van der Waals surface area contributed by atoms with Gasteiger partial charge in [0.05, 0.1) is 5.92 Å². The number of benzene rings is 2. The molecule has 1 aliphatic heterocycles. The zero-order chi connectivity index (χ0) is 25.9. The Morgan fingerprint density at radius 2 is 1.69 bits per heavy atom. The van der Waals surface area contributed by atoms with Gasteiger partial charge in [-0.2, -0.15) is 4.79 Å². The summed E-state index contributed by atoms with van der Waals surface area (Å²) in [4.78, 5) is 42.2. The van der Waals surface area contributed by atoms with E-state index in [-0.39, 0.29) is 19.1 Å². The first-order valence-electron chi connectivity index (χ1n) is 12.0. The number of alkyl carbamates (subject to hydrolysis) is 1. The summed E-state index contributed by atoms with van der Waals surface area (Å²) in [6, 6.07) is 15.5. The molecule has 2 atom stereocenters. The minimum atomic E-state index is -0.803. The van der Waals surface area contributed by atoms with Crippen molar-refractivity contribution in [3.05, 3.63) is 65.2 Å². The molecule has 1 aliphatic carbocycles. The van der Waals surface area contributed by atoms with E-state index in [1.165, 1.54) is 4.90 Å². The normalized spacial score (nSPS) is 18.9. The van der Waals surface area contributed by atoms with Crippen molar-refractivity contribution in [1.29, 1.82) is 0 Å². The molecule has 1 heterocycles. The summed E-state index contributed by atoms with van der Waals surface area (Å²) < 4.78 is 11.0. The van der Waals surface area contributed by atoms with Gasteiger partial charge in [0, 0.05) is 25.0 Å². The topological polar surface area (TPSA) is 121 Å². The number of nitrogens with one attached hydrogen (secondary N) is 1. The van der Waals surface area contributed by atoms with Gasteiger partial charge in [0.15, 0.2) is 0 Å². The number of ether oxygens (including phenoxy) is 2. The third-order valence-corrected chi connectivity index (χ3v) is 6.46. The van der Waals surface area contributed by atoms with Gasteiger partial charge in [-0.3, -0.25) is 4.79 Å². The lowest BCUT2D eigenvalue weighted by Crippen LogP contribution is -2.55. The molecular weight excluding hydrogens is 460 g/mol. The van der Waals surface area contributed by atoms with Gasteiger partial charge in [0.25, 0.3) is 0 Å². The third kappa shape index (κ3) is 5.47. The summed E-state index contributed by atoms with van der Waals surface area (Å²) in [5.74, 6) is -1.39. The fourth-order valence-electron chi connectivity index (χ4n) is 4.85. The summed E-state index contributed by atoms with van der Waals surface area (Å²) in [7, 11) is 0. The Bertz CT molecular complexity index is 1170. The van der Waals surface area contributed by atoms with E-state index in [0.717, 1.165) is 28.5 Å². The van der Waals surface area contributed by atoms with Crippen LogP contribution in [0, 0.1) is 5.92 Å². The smallest absolute Gasteiger partial charge is 0.410 e. The minimum Gasteiger partial charge on any atom is -0.449 e. The molecule has 2 aromatic carbocycles. The first-order valence-corrected chi connectivity index (χ1v) is 12.0. The average molecular weight is 491 g/mol. The van der Waals surface area contributed by atoms with Crippen molar-refractivity contribution in [2.24, 2.45) is 5.92 Å². The van der Waals surface area contributed by atoms with Crippen molar-refractivity contribution in [2.45, 2.75) is 44.8 Å². The molecular formula is C27H30N4O5. The van der Waals surface area contributed by atoms with E-state index >= 15 is 0 Å². The van der Waals surface area contributed by atoms with E-state index in [1.807, 2.05) is 36.4 Å². The van der Waals surface area contributed by atoms with E-state index in [0.29, 0.717) is 13.0 Å². The number of carbonyl (C=O) groups is 3. The lowest BCUT2D eigenvalue weighted by atomic mass is 9.89. The number of amides is 2. The van der Waals surface area contributed by atoms with Crippen molar-refractivity contribution in [3.8, 4) is 11.1 Å². The maximum absolute atomic E-state index is 12.8. The Kier molecular flexibility index (Phi) is 7.22. The van der Waals surface area contributed by atoms with Crippen molar-refractivity contribution >= 4 is 24.2 Å². The van der Waals surface area contributed by atoms with Crippen molar-refractivity contribution in [2.75, 3.05) is 19.7 Å². The number of likely N-dealkylation sites (tertiary alicyclic amines) is 1. The van der Waals surface area contributed by atoms with E-state index in [2.05, 4.69) is 22.2 Å². The number of carbonyl (C=O) groups excluding carboxylic acids is 3. The number of rotatable bonds is 5. The molecule has 0 radical (unpaired) electrons. The second-order valence-electron chi connectivity index (χ2n) is 10.0. The van der Waals surface area contributed by atoms with Gasteiger partial charge in [-0.05, 0) is 49.4 Å². The van der Waals surface area contributed by atoms with Crippen LogP contribution in [-0.4, -0.2) is 65.2 Å². The Hall–Kier alpha value is -3.97. The zero-order valence-corrected chi connectivity index (χ0v) is 20.6. The zero-order valence-electron chi connectivity index (χ0n) is 20.6. The Morgan fingerprint density at radius 1 is 1.08 bits per heavy atom. The number of hydrogen-bond donors (Lipinski definition) is 1. The van der Waals surface area contributed by atoms with Crippen molar-refractivity contribution < 1.29 is 28.6 Å². The molecule has 36 heavy (non-hydrogen) atoms. The highest BCUT2D eigenvalue weighted by Gasteiger charge is 2.39. The molecule has 0 bridgehead atoms. The van der Waals surface area contributed by atoms with Crippen LogP contribution in [0.2, 0.25) is 0 Å². The van der Waals surface area contributed by atoms with Crippen LogP contribution < -0.4 is 5.32 Å². The SMILES string of the molecule is CC(C)(C)OC(=O)N1CCC(NC(=O)OCC2c3ccccc3-c3ccccc32)C(C(=O)C=[N+]=[N-])C1. The molecule has 9 nitrogen and oxygen atoms in total. The predicted molar refractivity (Wildman–Crippen MR) is 133 cm³/mol. The average Bonchev–Trinajstić information content (AvgIpc) is 3.16. The van der Waals surface area contributed by atoms with E-state index in [4.69, 9.17) is 15.0 Å². The Balaban J connectivity index is 1.42. The van der Waals surface area contributed by atoms with Crippen LogP contribution in [0.5, 0.6) is 0 Å². The van der Waals surface area contributed by atoms with Gasteiger partial charge in [0.1, 0.15) is 12.2 Å². The molecule has 1 N–H and O–H groups in total. The Labute approximate surface area is 210 Å². The van der Waals surface area contributed by atoms with Gasteiger partial charge >= 0.3 is 18.4 Å². The summed E-state index contributed by atoms with van der Waals surface area (Å²) in [5, 5.41) is 2.78. The maximum atomic E-state index is 12.8. The van der Waals surface area contributed by atoms with Crippen LogP contribution in [0.25, 0.3) is 16.7 Å². The highest BCUT2D eigenvalue weighted by atomic mass is 16.6. The van der Waals surface area contributed by atoms with Crippen LogP contribution >= 0.6 is 0 Å². The molecule has 188 valence electrons. The van der Waals surface area contributed by atoms with Crippen molar-refractivity contribution in [1.82, 2.24) is 10.2 Å². The number of hydrogen-bond acceptors (Lipinski definition) is 5. The molecule has 0 spiro atoms. The van der Waals surface area contributed by atoms with E-state index < -0.39 is 35.5 Å². The molecule has 2 aromatic rings. The standard InChI is InChI=1S/C27H30N4O5/c1-27(2,3)36-26(34)31-13-12-23(21(15-31)24(32)14-29-28)30-25(33)35-16-22-19-10-6-4-8-17(19)18-9-5-7-11-20(18)22/h4-11,14,21-23H,12-13,15-16H2,1-3H3,(H,30,33). The molecule has 0 aromatic heterocycles. The van der Waals surface area contributed by atoms with Gasteiger partial charge in [-0.15, -0.1) is 0 Å². The second-order valence-corrected chi connectivity index (χ2v) is 10.0. The first kappa shape index (κ1) is 25.1. The number of Topliss-reactive ketones (excluding diaryl/α,β-unsaturated/α-hetero) is 1. The second kappa shape index (κ2) is 10.3. The molecule has 9 heteroatoms. The molecule has 1 fully saturated rings. The fourth-order valence-corrected chi connectivity index (χ4v) is 4.85. The first-order chi connectivity index (χ1) is 17.2. The molecule has 2 aliphatic rings. The maximum Gasteiger partial charge on any atom is 0.410 e. The highest BCUT2D eigenvalue weighted by Crippen LogP contribution is 2.44. The van der Waals surface area contributed by atoms with Gasteiger partial charge < -0.3 is 25.2 Å². The lowest BCUT2D eigenvalue weighted by Gasteiger charge is -2.37. The molecule has 4 rings (SSSR count). The molecule has 0 saturated carbocycles. The number of piperidine rings is 1. The summed E-state index contributed by atoms with van der Waals surface area (Å²) >= 11 is 0. The van der Waals surface area contributed by atoms with E-state index in [1.54, 1.807) is 20.8 Å². The summed E-state index contributed by atoms with van der Waals surface area (Å²) in [6.45, 7) is 5.75. The largest absolute Gasteiger partial charge is 0.449 e. The molecule has 2 unspecified atom stereocenters. The van der Waals surface area contributed by atoms with Crippen LogP contribution in [-0.2, 0) is 14.3 Å². The number of fused-ring (bicyclic) bond motifs is 3. The van der Waals surface area contributed by atoms with Crippen LogP contribution in [0.3, 0.4) is 0 Å². The van der Waals surface area contributed by atoms with Crippen LogP contribution in [0.1, 0.15) is 44.2 Å². The number of nitrogens with zero attached hydrogens (tertiary/aromatic N) is 3. The highest BCUT2D eigenvalue weighted by molar-refractivity contribution is 6.26. The van der Waals surface area contributed by atoms with E-state index in [9.17, 15) is 14.4 Å². The molecule has 1 saturated heterocycles. The minimum absolute atomic E-state index is 0.0219. The predicted octanol–water partition coefficient (Wildman–Crippen LogP) is 4.02. The molecule has 2 amide bonds. The van der Waals surface area contributed by atoms with Crippen LogP contribution in [0.15, 0.2) is 48.5 Å². The lowest BCUT2D eigenvalue weighted by molar-refractivity contribution is -0.121. The fraction of sp³-hybridized carbons (Fsp3) is 0.407. The summed E-state index contributed by atoms with van der Waals surface area (Å²) in [5.41, 5.74) is 12.6. The van der Waals surface area contributed by atoms with Gasteiger partial charge in [-0.1, -0.05) is 48.5 Å². The third-order valence-electron chi connectivity index (χ3n) is 6.46. The van der Waals surface area contributed by atoms with Gasteiger partial charge in [-0.25, -0.2) is 9.59 Å². The van der Waals surface area contributed by atoms with Gasteiger partial charge in [0.2, 0.25) is 5.78 Å². The Morgan fingerprint density at radius 3 is 2.28 bits per heavy atom. The summed E-state index contributed by atoms with van der Waals surface area (Å²) in [6.07, 6.45) is -0.0819. The monoisotopic (exact) mass is 490 g/mol. The van der Waals surface area contributed by atoms with Crippen LogP contribution in [0.4, 0.5) is 9.59 Å².